The number of carbonyl (C=O) groups excluding carboxylic acids is 1. The lowest BCUT2D eigenvalue weighted by molar-refractivity contribution is 0.102. The Morgan fingerprint density at radius 1 is 1.30 bits per heavy atom. The van der Waals surface area contributed by atoms with Gasteiger partial charge in [0.15, 0.2) is 0 Å². The van der Waals surface area contributed by atoms with E-state index in [9.17, 15) is 4.79 Å². The molecule has 2 aromatic heterocycles. The lowest BCUT2D eigenvalue weighted by atomic mass is 10.2. The van der Waals surface area contributed by atoms with Gasteiger partial charge in [0.1, 0.15) is 0 Å². The highest BCUT2D eigenvalue weighted by atomic mass is 16.5. The van der Waals surface area contributed by atoms with E-state index in [1.165, 1.54) is 0 Å². The third-order valence-corrected chi connectivity index (χ3v) is 3.65. The molecule has 6 heteroatoms. The van der Waals surface area contributed by atoms with Crippen LogP contribution in [0.25, 0.3) is 0 Å². The zero-order valence-electron chi connectivity index (χ0n) is 13.1. The number of nitrogens with one attached hydrogen (secondary N) is 1. The topological polar surface area (TPSA) is 73.0 Å². The van der Waals surface area contributed by atoms with Crippen LogP contribution in [0.5, 0.6) is 0 Å². The Balaban J connectivity index is 1.71. The van der Waals surface area contributed by atoms with Crippen molar-refractivity contribution in [2.45, 2.75) is 26.8 Å². The van der Waals surface area contributed by atoms with Crippen molar-refractivity contribution < 1.29 is 9.32 Å². The molecule has 0 saturated heterocycles. The Labute approximate surface area is 134 Å². The van der Waals surface area contributed by atoms with Crippen molar-refractivity contribution in [3.8, 4) is 0 Å². The molecule has 0 aliphatic carbocycles. The van der Waals surface area contributed by atoms with Crippen LogP contribution in [0.2, 0.25) is 0 Å². The van der Waals surface area contributed by atoms with E-state index in [0.29, 0.717) is 18.0 Å². The predicted molar refractivity (Wildman–Crippen MR) is 86.3 cm³/mol. The first-order chi connectivity index (χ1) is 11.2. The third kappa shape index (κ3) is 3.31. The summed E-state index contributed by atoms with van der Waals surface area (Å²) in [5, 5.41) is 10.9. The van der Waals surface area contributed by atoms with E-state index in [1.807, 2.05) is 44.2 Å². The maximum absolute atomic E-state index is 12.3. The van der Waals surface area contributed by atoms with Crippen molar-refractivity contribution >= 4 is 11.8 Å². The van der Waals surface area contributed by atoms with E-state index in [4.69, 9.17) is 4.52 Å². The van der Waals surface area contributed by atoms with Gasteiger partial charge in [0.05, 0.1) is 24.0 Å². The standard InChI is InChI=1S/C17H18N4O2/c1-3-15-12(2)20-23-17(15)19-16(22)14-9-18-21(11-14)10-13-7-5-4-6-8-13/h4-9,11H,3,10H2,1-2H3,(H,19,22). The maximum atomic E-state index is 12.3. The van der Waals surface area contributed by atoms with Crippen LogP contribution < -0.4 is 5.32 Å². The Hall–Kier alpha value is -2.89. The van der Waals surface area contributed by atoms with Crippen molar-refractivity contribution in [2.24, 2.45) is 0 Å². The quantitative estimate of drug-likeness (QED) is 0.786. The fourth-order valence-corrected chi connectivity index (χ4v) is 2.42. The summed E-state index contributed by atoms with van der Waals surface area (Å²) in [6, 6.07) is 9.96. The van der Waals surface area contributed by atoms with Crippen molar-refractivity contribution in [3.05, 3.63) is 65.1 Å². The molecular formula is C17H18N4O2. The molecule has 1 amide bonds. The molecule has 3 rings (SSSR count). The summed E-state index contributed by atoms with van der Waals surface area (Å²) in [5.41, 5.74) is 3.32. The molecule has 1 N–H and O–H groups in total. The molecule has 2 heterocycles. The lowest BCUT2D eigenvalue weighted by Gasteiger charge is -2.02. The zero-order valence-corrected chi connectivity index (χ0v) is 13.1. The number of benzene rings is 1. The molecule has 118 valence electrons. The van der Waals surface area contributed by atoms with E-state index in [0.717, 1.165) is 23.2 Å². The van der Waals surface area contributed by atoms with Crippen LogP contribution in [0.1, 0.15) is 34.1 Å². The summed E-state index contributed by atoms with van der Waals surface area (Å²) in [7, 11) is 0. The lowest BCUT2D eigenvalue weighted by Crippen LogP contribution is -2.12. The van der Waals surface area contributed by atoms with Gasteiger partial charge in [-0.3, -0.25) is 14.8 Å². The molecule has 23 heavy (non-hydrogen) atoms. The van der Waals surface area contributed by atoms with Crippen LogP contribution in [-0.4, -0.2) is 20.8 Å². The van der Waals surface area contributed by atoms with Crippen molar-refractivity contribution in [2.75, 3.05) is 5.32 Å². The number of rotatable bonds is 5. The smallest absolute Gasteiger partial charge is 0.261 e. The normalized spacial score (nSPS) is 10.7. The highest BCUT2D eigenvalue weighted by Crippen LogP contribution is 2.20. The Morgan fingerprint density at radius 3 is 2.83 bits per heavy atom. The molecule has 6 nitrogen and oxygen atoms in total. The summed E-state index contributed by atoms with van der Waals surface area (Å²) >= 11 is 0. The number of carbonyl (C=O) groups is 1. The summed E-state index contributed by atoms with van der Waals surface area (Å²) in [4.78, 5) is 12.3. The number of aryl methyl sites for hydroxylation is 1. The number of hydrogen-bond donors (Lipinski definition) is 1. The Bertz CT molecular complexity index is 805. The van der Waals surface area contributed by atoms with Crippen LogP contribution in [0.4, 0.5) is 5.88 Å². The van der Waals surface area contributed by atoms with Gasteiger partial charge in [-0.25, -0.2) is 0 Å². The second-order valence-corrected chi connectivity index (χ2v) is 5.30. The number of amides is 1. The highest BCUT2D eigenvalue weighted by molar-refractivity contribution is 6.03. The van der Waals surface area contributed by atoms with Crippen molar-refractivity contribution in [1.29, 1.82) is 0 Å². The minimum absolute atomic E-state index is 0.254. The summed E-state index contributed by atoms with van der Waals surface area (Å²) in [5.74, 6) is 0.154. The minimum Gasteiger partial charge on any atom is -0.338 e. The Kier molecular flexibility index (Phi) is 4.23. The summed E-state index contributed by atoms with van der Waals surface area (Å²) in [6.07, 6.45) is 4.02. The van der Waals surface area contributed by atoms with E-state index in [2.05, 4.69) is 15.6 Å². The molecule has 0 atom stereocenters. The van der Waals surface area contributed by atoms with E-state index in [-0.39, 0.29) is 5.91 Å². The molecule has 0 saturated carbocycles. The second-order valence-electron chi connectivity index (χ2n) is 5.30. The van der Waals surface area contributed by atoms with E-state index < -0.39 is 0 Å². The molecular weight excluding hydrogens is 292 g/mol. The maximum Gasteiger partial charge on any atom is 0.261 e. The fourth-order valence-electron chi connectivity index (χ4n) is 2.42. The molecule has 3 aromatic rings. The van der Waals surface area contributed by atoms with Gasteiger partial charge in [-0.15, -0.1) is 0 Å². The van der Waals surface area contributed by atoms with Gasteiger partial charge in [0, 0.05) is 11.8 Å². The SMILES string of the molecule is CCc1c(C)noc1NC(=O)c1cnn(Cc2ccccc2)c1. The second kappa shape index (κ2) is 6.48. The molecule has 0 aliphatic rings. The average molecular weight is 310 g/mol. The van der Waals surface area contributed by atoms with Crippen LogP contribution >= 0.6 is 0 Å². The molecule has 0 bridgehead atoms. The van der Waals surface area contributed by atoms with Crippen LogP contribution in [0.15, 0.2) is 47.2 Å². The van der Waals surface area contributed by atoms with Crippen LogP contribution in [0.3, 0.4) is 0 Å². The number of anilines is 1. The highest BCUT2D eigenvalue weighted by Gasteiger charge is 2.16. The summed E-state index contributed by atoms with van der Waals surface area (Å²) in [6.45, 7) is 4.47. The zero-order chi connectivity index (χ0) is 16.2. The number of aromatic nitrogens is 3. The average Bonchev–Trinajstić information content (AvgIpc) is 3.15. The van der Waals surface area contributed by atoms with Gasteiger partial charge in [-0.1, -0.05) is 42.4 Å². The van der Waals surface area contributed by atoms with Crippen LogP contribution in [0, 0.1) is 6.92 Å². The number of hydrogen-bond acceptors (Lipinski definition) is 4. The monoisotopic (exact) mass is 310 g/mol. The van der Waals surface area contributed by atoms with Crippen molar-refractivity contribution in [3.63, 3.8) is 0 Å². The third-order valence-electron chi connectivity index (χ3n) is 3.65. The van der Waals surface area contributed by atoms with Gasteiger partial charge >= 0.3 is 0 Å². The molecule has 0 unspecified atom stereocenters. The predicted octanol–water partition coefficient (Wildman–Crippen LogP) is 3.04. The molecule has 0 radical (unpaired) electrons. The van der Waals surface area contributed by atoms with E-state index >= 15 is 0 Å². The van der Waals surface area contributed by atoms with E-state index in [1.54, 1.807) is 17.1 Å². The van der Waals surface area contributed by atoms with Gasteiger partial charge in [0.2, 0.25) is 5.88 Å². The van der Waals surface area contributed by atoms with Crippen LogP contribution in [-0.2, 0) is 13.0 Å². The first-order valence-corrected chi connectivity index (χ1v) is 7.50. The van der Waals surface area contributed by atoms with Gasteiger partial charge in [0.25, 0.3) is 5.91 Å². The minimum atomic E-state index is -0.254. The molecule has 0 fully saturated rings. The first kappa shape index (κ1) is 15.0. The first-order valence-electron chi connectivity index (χ1n) is 7.50. The van der Waals surface area contributed by atoms with Gasteiger partial charge < -0.3 is 4.52 Å². The Morgan fingerprint density at radius 2 is 2.09 bits per heavy atom. The molecule has 0 aliphatic heterocycles. The largest absolute Gasteiger partial charge is 0.338 e. The van der Waals surface area contributed by atoms with Gasteiger partial charge in [-0.2, -0.15) is 5.10 Å². The summed E-state index contributed by atoms with van der Waals surface area (Å²) < 4.78 is 6.90. The number of nitrogens with zero attached hydrogens (tertiary/aromatic N) is 3. The molecule has 0 spiro atoms. The van der Waals surface area contributed by atoms with Gasteiger partial charge in [-0.05, 0) is 18.9 Å². The van der Waals surface area contributed by atoms with Crippen molar-refractivity contribution in [1.82, 2.24) is 14.9 Å². The molecule has 1 aromatic carbocycles. The fraction of sp³-hybridized carbons (Fsp3) is 0.235.